The van der Waals surface area contributed by atoms with Crippen LogP contribution in [0, 0.1) is 0 Å². The molecule has 2 heterocycles. The molecular formula is C18H16N2O3S. The van der Waals surface area contributed by atoms with Crippen LogP contribution in [0.5, 0.6) is 11.5 Å². The SMILES string of the molecule is COc1ccc2nc(NC(=O)CC3COc4ccccc43)sc2c1. The number of amides is 1. The molecule has 0 aliphatic carbocycles. The lowest BCUT2D eigenvalue weighted by molar-refractivity contribution is -0.116. The Bertz CT molecular complexity index is 906. The predicted octanol–water partition coefficient (Wildman–Crippen LogP) is 3.81. The molecule has 24 heavy (non-hydrogen) atoms. The number of carbonyl (C=O) groups is 1. The molecule has 0 bridgehead atoms. The molecule has 6 heteroatoms. The minimum absolute atomic E-state index is 0.0497. The van der Waals surface area contributed by atoms with Gasteiger partial charge in [0.2, 0.25) is 5.91 Å². The van der Waals surface area contributed by atoms with Crippen LogP contribution < -0.4 is 14.8 Å². The molecule has 0 spiro atoms. The fourth-order valence-electron chi connectivity index (χ4n) is 2.88. The lowest BCUT2D eigenvalue weighted by atomic mass is 9.98. The maximum absolute atomic E-state index is 12.4. The van der Waals surface area contributed by atoms with Crippen molar-refractivity contribution in [3.63, 3.8) is 0 Å². The molecule has 4 rings (SSSR count). The van der Waals surface area contributed by atoms with E-state index in [4.69, 9.17) is 9.47 Å². The summed E-state index contributed by atoms with van der Waals surface area (Å²) in [5.74, 6) is 1.70. The molecule has 122 valence electrons. The van der Waals surface area contributed by atoms with E-state index in [1.807, 2.05) is 42.5 Å². The average Bonchev–Trinajstić information content (AvgIpc) is 3.17. The summed E-state index contributed by atoms with van der Waals surface area (Å²) in [6.07, 6.45) is 0.385. The van der Waals surface area contributed by atoms with Crippen LogP contribution in [0.15, 0.2) is 42.5 Å². The minimum atomic E-state index is -0.0497. The Hall–Kier alpha value is -2.60. The normalized spacial score (nSPS) is 15.8. The van der Waals surface area contributed by atoms with Gasteiger partial charge >= 0.3 is 0 Å². The van der Waals surface area contributed by atoms with Crippen molar-refractivity contribution in [2.75, 3.05) is 19.0 Å². The van der Waals surface area contributed by atoms with Crippen LogP contribution in [0.2, 0.25) is 0 Å². The fourth-order valence-corrected chi connectivity index (χ4v) is 3.79. The highest BCUT2D eigenvalue weighted by Crippen LogP contribution is 2.36. The number of nitrogens with zero attached hydrogens (tertiary/aromatic N) is 1. The van der Waals surface area contributed by atoms with Crippen molar-refractivity contribution in [3.8, 4) is 11.5 Å². The van der Waals surface area contributed by atoms with E-state index in [9.17, 15) is 4.79 Å². The molecule has 1 aliphatic rings. The Morgan fingerprint density at radius 3 is 3.12 bits per heavy atom. The highest BCUT2D eigenvalue weighted by atomic mass is 32.1. The smallest absolute Gasteiger partial charge is 0.226 e. The molecule has 1 atom stereocenters. The minimum Gasteiger partial charge on any atom is -0.497 e. The largest absolute Gasteiger partial charge is 0.497 e. The summed E-state index contributed by atoms with van der Waals surface area (Å²) in [6.45, 7) is 0.545. The van der Waals surface area contributed by atoms with Gasteiger partial charge in [0.05, 0.1) is 23.9 Å². The van der Waals surface area contributed by atoms with E-state index in [-0.39, 0.29) is 11.8 Å². The maximum Gasteiger partial charge on any atom is 0.226 e. The van der Waals surface area contributed by atoms with Crippen LogP contribution in [0.4, 0.5) is 5.13 Å². The number of thiazole rings is 1. The van der Waals surface area contributed by atoms with Crippen molar-refractivity contribution in [2.24, 2.45) is 0 Å². The van der Waals surface area contributed by atoms with Gasteiger partial charge in [0, 0.05) is 17.9 Å². The first-order valence-electron chi connectivity index (χ1n) is 7.69. The second-order valence-electron chi connectivity index (χ2n) is 5.65. The molecule has 1 unspecified atom stereocenters. The second kappa shape index (κ2) is 6.13. The fraction of sp³-hybridized carbons (Fsp3) is 0.222. The monoisotopic (exact) mass is 340 g/mol. The first kappa shape index (κ1) is 15.0. The predicted molar refractivity (Wildman–Crippen MR) is 94.1 cm³/mol. The molecular weight excluding hydrogens is 324 g/mol. The second-order valence-corrected chi connectivity index (χ2v) is 6.68. The number of methoxy groups -OCH3 is 1. The molecule has 5 nitrogen and oxygen atoms in total. The van der Waals surface area contributed by atoms with E-state index in [1.165, 1.54) is 11.3 Å². The zero-order chi connectivity index (χ0) is 16.5. The Kier molecular flexibility index (Phi) is 3.82. The first-order chi connectivity index (χ1) is 11.7. The molecule has 1 aromatic heterocycles. The van der Waals surface area contributed by atoms with Crippen LogP contribution in [-0.4, -0.2) is 24.6 Å². The van der Waals surface area contributed by atoms with Gasteiger partial charge in [-0.3, -0.25) is 4.79 Å². The number of benzene rings is 2. The van der Waals surface area contributed by atoms with Gasteiger partial charge in [-0.25, -0.2) is 4.98 Å². The van der Waals surface area contributed by atoms with E-state index >= 15 is 0 Å². The topological polar surface area (TPSA) is 60.5 Å². The summed E-state index contributed by atoms with van der Waals surface area (Å²) < 4.78 is 11.8. The zero-order valence-electron chi connectivity index (χ0n) is 13.1. The van der Waals surface area contributed by atoms with Crippen molar-refractivity contribution in [1.82, 2.24) is 4.98 Å². The highest BCUT2D eigenvalue weighted by Gasteiger charge is 2.26. The van der Waals surface area contributed by atoms with Gasteiger partial charge in [0.15, 0.2) is 5.13 Å². The van der Waals surface area contributed by atoms with Gasteiger partial charge in [-0.2, -0.15) is 0 Å². The third-order valence-electron chi connectivity index (χ3n) is 4.07. The number of anilines is 1. The summed E-state index contributed by atoms with van der Waals surface area (Å²) in [7, 11) is 1.63. The molecule has 1 N–H and O–H groups in total. The number of ether oxygens (including phenoxy) is 2. The molecule has 0 radical (unpaired) electrons. The van der Waals surface area contributed by atoms with E-state index in [0.717, 1.165) is 27.3 Å². The number of carbonyl (C=O) groups excluding carboxylic acids is 1. The molecule has 3 aromatic rings. The Morgan fingerprint density at radius 2 is 2.25 bits per heavy atom. The third kappa shape index (κ3) is 2.80. The molecule has 1 aliphatic heterocycles. The summed E-state index contributed by atoms with van der Waals surface area (Å²) in [6, 6.07) is 13.5. The van der Waals surface area contributed by atoms with Crippen LogP contribution in [0.3, 0.4) is 0 Å². The van der Waals surface area contributed by atoms with Crippen LogP contribution >= 0.6 is 11.3 Å². The van der Waals surface area contributed by atoms with Crippen molar-refractivity contribution in [2.45, 2.75) is 12.3 Å². The van der Waals surface area contributed by atoms with Crippen molar-refractivity contribution >= 4 is 32.6 Å². The number of aromatic nitrogens is 1. The lowest BCUT2D eigenvalue weighted by Crippen LogP contribution is -2.16. The molecule has 0 fully saturated rings. The summed E-state index contributed by atoms with van der Waals surface area (Å²) in [4.78, 5) is 16.8. The number of nitrogens with one attached hydrogen (secondary N) is 1. The molecule has 0 saturated heterocycles. The van der Waals surface area contributed by atoms with Gasteiger partial charge in [0.1, 0.15) is 11.5 Å². The third-order valence-corrected chi connectivity index (χ3v) is 5.01. The number of hydrogen-bond acceptors (Lipinski definition) is 5. The summed E-state index contributed by atoms with van der Waals surface area (Å²) in [5, 5.41) is 3.51. The van der Waals surface area contributed by atoms with Crippen molar-refractivity contribution in [1.29, 1.82) is 0 Å². The van der Waals surface area contributed by atoms with E-state index in [2.05, 4.69) is 10.3 Å². The highest BCUT2D eigenvalue weighted by molar-refractivity contribution is 7.22. The summed E-state index contributed by atoms with van der Waals surface area (Å²) >= 11 is 1.44. The summed E-state index contributed by atoms with van der Waals surface area (Å²) in [5.41, 5.74) is 1.95. The molecule has 1 amide bonds. The van der Waals surface area contributed by atoms with Crippen molar-refractivity contribution < 1.29 is 14.3 Å². The Balaban J connectivity index is 1.47. The lowest BCUT2D eigenvalue weighted by Gasteiger charge is -2.07. The van der Waals surface area contributed by atoms with E-state index < -0.39 is 0 Å². The van der Waals surface area contributed by atoms with Crippen LogP contribution in [0.25, 0.3) is 10.2 Å². The number of hydrogen-bond donors (Lipinski definition) is 1. The maximum atomic E-state index is 12.4. The number of fused-ring (bicyclic) bond motifs is 2. The zero-order valence-corrected chi connectivity index (χ0v) is 13.9. The van der Waals surface area contributed by atoms with Gasteiger partial charge in [-0.05, 0) is 24.3 Å². The number of para-hydroxylation sites is 1. The van der Waals surface area contributed by atoms with E-state index in [0.29, 0.717) is 18.2 Å². The first-order valence-corrected chi connectivity index (χ1v) is 8.51. The molecule has 0 saturated carbocycles. The van der Waals surface area contributed by atoms with Gasteiger partial charge in [-0.1, -0.05) is 29.5 Å². The van der Waals surface area contributed by atoms with Crippen LogP contribution in [0.1, 0.15) is 17.9 Å². The van der Waals surface area contributed by atoms with E-state index in [1.54, 1.807) is 7.11 Å². The number of rotatable bonds is 4. The molecule has 2 aromatic carbocycles. The Labute approximate surface area is 143 Å². The quantitative estimate of drug-likeness (QED) is 0.784. The standard InChI is InChI=1S/C18H16N2O3S/c1-22-12-6-7-14-16(9-12)24-18(19-14)20-17(21)8-11-10-23-15-5-3-2-4-13(11)15/h2-7,9,11H,8,10H2,1H3,(H,19,20,21). The van der Waals surface area contributed by atoms with Gasteiger partial charge in [-0.15, -0.1) is 0 Å². The van der Waals surface area contributed by atoms with Gasteiger partial charge < -0.3 is 14.8 Å². The van der Waals surface area contributed by atoms with Crippen molar-refractivity contribution in [3.05, 3.63) is 48.0 Å². The average molecular weight is 340 g/mol. The van der Waals surface area contributed by atoms with Gasteiger partial charge in [0.25, 0.3) is 0 Å². The Morgan fingerprint density at radius 1 is 1.38 bits per heavy atom. The van der Waals surface area contributed by atoms with Crippen LogP contribution in [-0.2, 0) is 4.79 Å².